The highest BCUT2D eigenvalue weighted by Crippen LogP contribution is 2.35. The monoisotopic (exact) mass is 529 g/mol. The second-order valence-electron chi connectivity index (χ2n) is 9.55. The van der Waals surface area contributed by atoms with Crippen molar-refractivity contribution in [1.29, 1.82) is 0 Å². The number of hydrogen-bond donors (Lipinski definition) is 1. The van der Waals surface area contributed by atoms with Gasteiger partial charge in [-0.15, -0.1) is 0 Å². The first-order valence-corrected chi connectivity index (χ1v) is 13.0. The number of carbonyl (C=O) groups is 4. The van der Waals surface area contributed by atoms with E-state index >= 15 is 0 Å². The summed E-state index contributed by atoms with van der Waals surface area (Å²) in [5.74, 6) is -1.39. The lowest BCUT2D eigenvalue weighted by molar-refractivity contribution is -0.144. The van der Waals surface area contributed by atoms with E-state index in [9.17, 15) is 19.2 Å². The largest absolute Gasteiger partial charge is 0.352 e. The van der Waals surface area contributed by atoms with Crippen molar-refractivity contribution < 1.29 is 19.2 Å². The molecule has 1 heterocycles. The molecule has 0 unspecified atom stereocenters. The molecule has 1 saturated carbocycles. The van der Waals surface area contributed by atoms with E-state index in [2.05, 4.69) is 21.2 Å². The van der Waals surface area contributed by atoms with Gasteiger partial charge in [-0.3, -0.25) is 24.1 Å². The molecule has 1 saturated heterocycles. The van der Waals surface area contributed by atoms with Gasteiger partial charge in [0, 0.05) is 30.0 Å². The summed E-state index contributed by atoms with van der Waals surface area (Å²) in [5.41, 5.74) is 0.897. The molecule has 2 aliphatic carbocycles. The maximum absolute atomic E-state index is 13.4. The van der Waals surface area contributed by atoms with Crippen molar-refractivity contribution in [3.8, 4) is 0 Å². The van der Waals surface area contributed by atoms with Crippen LogP contribution in [0.15, 0.2) is 40.9 Å². The van der Waals surface area contributed by atoms with Gasteiger partial charge in [0.25, 0.3) is 0 Å². The van der Waals surface area contributed by atoms with Gasteiger partial charge in [-0.2, -0.15) is 0 Å². The van der Waals surface area contributed by atoms with E-state index in [0.29, 0.717) is 12.8 Å². The number of allylic oxidation sites excluding steroid dienone is 2. The lowest BCUT2D eigenvalue weighted by atomic mass is 9.85. The fourth-order valence-electron chi connectivity index (χ4n) is 5.25. The summed E-state index contributed by atoms with van der Waals surface area (Å²) in [6.07, 6.45) is 9.20. The Hall–Kier alpha value is -2.48. The van der Waals surface area contributed by atoms with Crippen molar-refractivity contribution in [2.45, 2.75) is 70.5 Å². The lowest BCUT2D eigenvalue weighted by Gasteiger charge is -2.30. The highest BCUT2D eigenvalue weighted by Gasteiger charge is 2.47. The minimum Gasteiger partial charge on any atom is -0.352 e. The summed E-state index contributed by atoms with van der Waals surface area (Å²) < 4.78 is 0.893. The lowest BCUT2D eigenvalue weighted by Crippen LogP contribution is -2.50. The highest BCUT2D eigenvalue weighted by atomic mass is 79.9. The van der Waals surface area contributed by atoms with Crippen molar-refractivity contribution in [2.75, 3.05) is 6.54 Å². The van der Waals surface area contributed by atoms with Gasteiger partial charge in [-0.05, 0) is 50.3 Å². The minimum atomic E-state index is -0.663. The number of nitrogens with one attached hydrogen (secondary N) is 1. The molecule has 3 atom stereocenters. The Bertz CT molecular complexity index is 962. The molecule has 34 heavy (non-hydrogen) atoms. The van der Waals surface area contributed by atoms with Gasteiger partial charge in [0.15, 0.2) is 0 Å². The quantitative estimate of drug-likeness (QED) is 0.412. The maximum atomic E-state index is 13.4. The Kier molecular flexibility index (Phi) is 7.86. The van der Waals surface area contributed by atoms with Crippen LogP contribution in [-0.4, -0.2) is 52.1 Å². The standard InChI is InChI=1S/C26H32BrN3O4/c1-17(24(32)28-20-9-2-3-10-20)30(16-18-7-6-8-19(27)15-18)23(31)13-14-29-25(33)21-11-4-5-12-22(21)26(29)34/h4-8,15,17,20-22H,2-3,9-14,16H2,1H3,(H,28,32)/t17-,21-,22+/m1/s1. The first kappa shape index (κ1) is 24.6. The van der Waals surface area contributed by atoms with Gasteiger partial charge < -0.3 is 10.2 Å². The van der Waals surface area contributed by atoms with Gasteiger partial charge in [0.2, 0.25) is 23.6 Å². The highest BCUT2D eigenvalue weighted by molar-refractivity contribution is 9.10. The molecule has 1 aliphatic heterocycles. The van der Waals surface area contributed by atoms with Crippen LogP contribution >= 0.6 is 15.9 Å². The summed E-state index contributed by atoms with van der Waals surface area (Å²) in [6, 6.07) is 7.14. The maximum Gasteiger partial charge on any atom is 0.242 e. The van der Waals surface area contributed by atoms with Crippen LogP contribution in [0, 0.1) is 11.8 Å². The number of benzene rings is 1. The average molecular weight is 530 g/mol. The molecule has 1 aromatic carbocycles. The number of hydrogen-bond acceptors (Lipinski definition) is 4. The van der Waals surface area contributed by atoms with E-state index in [1.165, 1.54) is 4.90 Å². The molecular weight excluding hydrogens is 498 g/mol. The molecule has 0 aromatic heterocycles. The van der Waals surface area contributed by atoms with Crippen LogP contribution in [0.4, 0.5) is 0 Å². The molecule has 0 bridgehead atoms. The van der Waals surface area contributed by atoms with Gasteiger partial charge in [0.1, 0.15) is 6.04 Å². The Morgan fingerprint density at radius 3 is 2.38 bits per heavy atom. The zero-order valence-electron chi connectivity index (χ0n) is 19.5. The molecule has 0 spiro atoms. The molecule has 3 aliphatic rings. The summed E-state index contributed by atoms with van der Waals surface area (Å²) in [7, 11) is 0. The van der Waals surface area contributed by atoms with Crippen molar-refractivity contribution in [3.05, 3.63) is 46.5 Å². The van der Waals surface area contributed by atoms with Gasteiger partial charge >= 0.3 is 0 Å². The molecule has 7 nitrogen and oxygen atoms in total. The summed E-state index contributed by atoms with van der Waals surface area (Å²) in [6.45, 7) is 2.07. The molecule has 8 heteroatoms. The first-order chi connectivity index (χ1) is 16.3. The van der Waals surface area contributed by atoms with Gasteiger partial charge in [-0.25, -0.2) is 0 Å². The van der Waals surface area contributed by atoms with E-state index in [-0.39, 0.29) is 61.0 Å². The minimum absolute atomic E-state index is 0.000595. The van der Waals surface area contributed by atoms with Crippen LogP contribution in [0.2, 0.25) is 0 Å². The smallest absolute Gasteiger partial charge is 0.242 e. The molecule has 4 rings (SSSR count). The van der Waals surface area contributed by atoms with Crippen molar-refractivity contribution in [3.63, 3.8) is 0 Å². The molecular formula is C26H32BrN3O4. The fourth-order valence-corrected chi connectivity index (χ4v) is 5.69. The number of amides is 4. The molecule has 0 radical (unpaired) electrons. The Morgan fingerprint density at radius 1 is 1.12 bits per heavy atom. The zero-order valence-corrected chi connectivity index (χ0v) is 21.1. The van der Waals surface area contributed by atoms with Gasteiger partial charge in [-0.1, -0.05) is 53.1 Å². The van der Waals surface area contributed by atoms with Crippen LogP contribution in [0.3, 0.4) is 0 Å². The van der Waals surface area contributed by atoms with Crippen molar-refractivity contribution >= 4 is 39.6 Å². The van der Waals surface area contributed by atoms with Crippen LogP contribution in [0.1, 0.15) is 57.4 Å². The van der Waals surface area contributed by atoms with E-state index in [1.807, 2.05) is 36.4 Å². The SMILES string of the molecule is C[C@H](C(=O)NC1CCCC1)N(Cc1cccc(Br)c1)C(=O)CCN1C(=O)[C@H]2CC=CC[C@H]2C1=O. The van der Waals surface area contributed by atoms with Crippen LogP contribution in [0.5, 0.6) is 0 Å². The Labute approximate surface area is 209 Å². The predicted octanol–water partition coefficient (Wildman–Crippen LogP) is 3.57. The van der Waals surface area contributed by atoms with Gasteiger partial charge in [0.05, 0.1) is 11.8 Å². The van der Waals surface area contributed by atoms with E-state index in [1.54, 1.807) is 11.8 Å². The third-order valence-electron chi connectivity index (χ3n) is 7.26. The number of halogens is 1. The topological polar surface area (TPSA) is 86.8 Å². The normalized spacial score (nSPS) is 23.2. The third kappa shape index (κ3) is 5.43. The Morgan fingerprint density at radius 2 is 1.76 bits per heavy atom. The average Bonchev–Trinajstić information content (AvgIpc) is 3.42. The van der Waals surface area contributed by atoms with E-state index in [4.69, 9.17) is 0 Å². The predicted molar refractivity (Wildman–Crippen MR) is 131 cm³/mol. The zero-order chi connectivity index (χ0) is 24.2. The number of likely N-dealkylation sites (tertiary alicyclic amines) is 1. The molecule has 2 fully saturated rings. The first-order valence-electron chi connectivity index (χ1n) is 12.2. The summed E-state index contributed by atoms with van der Waals surface area (Å²) >= 11 is 3.46. The number of fused-ring (bicyclic) bond motifs is 1. The molecule has 4 amide bonds. The number of carbonyl (C=O) groups excluding carboxylic acids is 4. The van der Waals surface area contributed by atoms with Crippen LogP contribution in [0.25, 0.3) is 0 Å². The third-order valence-corrected chi connectivity index (χ3v) is 7.75. The molecule has 1 aromatic rings. The second-order valence-corrected chi connectivity index (χ2v) is 10.5. The van der Waals surface area contributed by atoms with E-state index in [0.717, 1.165) is 35.7 Å². The summed E-state index contributed by atoms with van der Waals surface area (Å²) in [5, 5.41) is 3.09. The molecule has 1 N–H and O–H groups in total. The van der Waals surface area contributed by atoms with Crippen molar-refractivity contribution in [1.82, 2.24) is 15.1 Å². The summed E-state index contributed by atoms with van der Waals surface area (Å²) in [4.78, 5) is 54.7. The number of imide groups is 1. The van der Waals surface area contributed by atoms with Crippen LogP contribution < -0.4 is 5.32 Å². The number of rotatable bonds is 8. The molecule has 182 valence electrons. The van der Waals surface area contributed by atoms with Crippen LogP contribution in [-0.2, 0) is 25.7 Å². The number of nitrogens with zero attached hydrogens (tertiary/aromatic N) is 2. The second kappa shape index (κ2) is 10.8. The Balaban J connectivity index is 1.45. The van der Waals surface area contributed by atoms with E-state index < -0.39 is 6.04 Å². The fraction of sp³-hybridized carbons (Fsp3) is 0.538. The van der Waals surface area contributed by atoms with Crippen molar-refractivity contribution in [2.24, 2.45) is 11.8 Å².